The molecule has 0 radical (unpaired) electrons. The van der Waals surface area contributed by atoms with Crippen LogP contribution in [0.3, 0.4) is 0 Å². The summed E-state index contributed by atoms with van der Waals surface area (Å²) >= 11 is 6.11. The third-order valence-electron chi connectivity index (χ3n) is 4.81. The molecule has 1 amide bonds. The maximum atomic E-state index is 13.1. The molecular weight excluding hydrogens is 330 g/mol. The van der Waals surface area contributed by atoms with Gasteiger partial charge >= 0.3 is 0 Å². The van der Waals surface area contributed by atoms with E-state index in [9.17, 15) is 4.79 Å². The molecule has 3 aliphatic rings. The Bertz CT molecular complexity index is 678. The topological polar surface area (TPSA) is 63.2 Å². The van der Waals surface area contributed by atoms with Gasteiger partial charge in [0.05, 0.1) is 37.7 Å². The number of benzene rings is 1. The number of rotatable bonds is 1. The fourth-order valence-corrected chi connectivity index (χ4v) is 3.63. The lowest BCUT2D eigenvalue weighted by atomic mass is 9.94. The van der Waals surface area contributed by atoms with E-state index in [0.717, 1.165) is 24.2 Å². The SMILES string of the molecule is O=C1c2ccc(Cl)cc2NC2(CCOCC2)N1N=C1CCOCC1. The van der Waals surface area contributed by atoms with Crippen LogP contribution in [-0.4, -0.2) is 48.7 Å². The van der Waals surface area contributed by atoms with Crippen LogP contribution >= 0.6 is 11.6 Å². The Morgan fingerprint density at radius 1 is 1.12 bits per heavy atom. The number of nitrogens with zero attached hydrogens (tertiary/aromatic N) is 2. The van der Waals surface area contributed by atoms with Gasteiger partial charge in [0.25, 0.3) is 5.91 Å². The minimum atomic E-state index is -0.543. The Balaban J connectivity index is 1.75. The normalized spacial score (nSPS) is 23.0. The van der Waals surface area contributed by atoms with Gasteiger partial charge in [0.2, 0.25) is 0 Å². The van der Waals surface area contributed by atoms with E-state index >= 15 is 0 Å². The molecule has 0 aliphatic carbocycles. The van der Waals surface area contributed by atoms with Crippen molar-refractivity contribution in [2.45, 2.75) is 31.3 Å². The summed E-state index contributed by atoms with van der Waals surface area (Å²) in [7, 11) is 0. The lowest BCUT2D eigenvalue weighted by Crippen LogP contribution is -2.60. The quantitative estimate of drug-likeness (QED) is 0.846. The zero-order chi connectivity index (χ0) is 16.6. The average Bonchev–Trinajstić information content (AvgIpc) is 2.60. The third kappa shape index (κ3) is 2.79. The Kier molecular flexibility index (Phi) is 4.20. The first-order valence-corrected chi connectivity index (χ1v) is 8.70. The van der Waals surface area contributed by atoms with Crippen LogP contribution in [-0.2, 0) is 9.47 Å². The molecule has 2 saturated heterocycles. The lowest BCUT2D eigenvalue weighted by molar-refractivity contribution is -0.00967. The fraction of sp³-hybridized carbons (Fsp3) is 0.529. The molecule has 24 heavy (non-hydrogen) atoms. The maximum absolute atomic E-state index is 13.1. The molecule has 128 valence electrons. The number of nitrogens with one attached hydrogen (secondary N) is 1. The van der Waals surface area contributed by atoms with Crippen molar-refractivity contribution in [3.05, 3.63) is 28.8 Å². The molecular formula is C17H20ClN3O3. The van der Waals surface area contributed by atoms with Gasteiger partial charge in [-0.3, -0.25) is 4.79 Å². The van der Waals surface area contributed by atoms with Gasteiger partial charge in [0.15, 0.2) is 0 Å². The highest BCUT2D eigenvalue weighted by molar-refractivity contribution is 6.31. The molecule has 1 N–H and O–H groups in total. The van der Waals surface area contributed by atoms with Crippen LogP contribution in [0.25, 0.3) is 0 Å². The minimum absolute atomic E-state index is 0.0821. The van der Waals surface area contributed by atoms with Crippen molar-refractivity contribution in [1.29, 1.82) is 0 Å². The average molecular weight is 350 g/mol. The van der Waals surface area contributed by atoms with E-state index in [1.165, 1.54) is 0 Å². The predicted molar refractivity (Wildman–Crippen MR) is 91.5 cm³/mol. The molecule has 0 saturated carbocycles. The van der Waals surface area contributed by atoms with E-state index in [1.807, 2.05) is 6.07 Å². The molecule has 6 nitrogen and oxygen atoms in total. The Labute approximate surface area is 145 Å². The molecule has 0 atom stereocenters. The van der Waals surface area contributed by atoms with E-state index in [0.29, 0.717) is 49.9 Å². The van der Waals surface area contributed by atoms with Crippen LogP contribution < -0.4 is 5.32 Å². The van der Waals surface area contributed by atoms with Gasteiger partial charge in [-0.2, -0.15) is 5.10 Å². The van der Waals surface area contributed by atoms with E-state index in [4.69, 9.17) is 26.2 Å². The molecule has 3 aliphatic heterocycles. The number of anilines is 1. The highest BCUT2D eigenvalue weighted by Crippen LogP contribution is 2.38. The number of halogens is 1. The molecule has 2 fully saturated rings. The zero-order valence-electron chi connectivity index (χ0n) is 13.4. The molecule has 1 spiro atoms. The molecule has 0 aromatic heterocycles. The number of fused-ring (bicyclic) bond motifs is 1. The summed E-state index contributed by atoms with van der Waals surface area (Å²) < 4.78 is 10.9. The first kappa shape index (κ1) is 15.9. The predicted octanol–water partition coefficient (Wildman–Crippen LogP) is 2.88. The zero-order valence-corrected chi connectivity index (χ0v) is 14.1. The van der Waals surface area contributed by atoms with Crippen molar-refractivity contribution in [1.82, 2.24) is 5.01 Å². The largest absolute Gasteiger partial charge is 0.381 e. The highest BCUT2D eigenvalue weighted by Gasteiger charge is 2.46. The molecule has 0 unspecified atom stereocenters. The van der Waals surface area contributed by atoms with Crippen LogP contribution in [0, 0.1) is 0 Å². The van der Waals surface area contributed by atoms with Crippen molar-refractivity contribution in [2.75, 3.05) is 31.7 Å². The van der Waals surface area contributed by atoms with E-state index in [-0.39, 0.29) is 5.91 Å². The first-order chi connectivity index (χ1) is 11.7. The first-order valence-electron chi connectivity index (χ1n) is 8.32. The Morgan fingerprint density at radius 3 is 2.58 bits per heavy atom. The molecule has 1 aromatic rings. The number of carbonyl (C=O) groups excluding carboxylic acids is 1. The van der Waals surface area contributed by atoms with Crippen LogP contribution in [0.4, 0.5) is 5.69 Å². The van der Waals surface area contributed by atoms with Gasteiger partial charge in [-0.15, -0.1) is 0 Å². The summed E-state index contributed by atoms with van der Waals surface area (Å²) in [5, 5.41) is 10.5. The third-order valence-corrected chi connectivity index (χ3v) is 5.04. The number of hydrogen-bond acceptors (Lipinski definition) is 5. The van der Waals surface area contributed by atoms with Crippen LogP contribution in [0.2, 0.25) is 5.02 Å². The Morgan fingerprint density at radius 2 is 1.83 bits per heavy atom. The summed E-state index contributed by atoms with van der Waals surface area (Å²) in [4.78, 5) is 13.1. The van der Waals surface area contributed by atoms with Gasteiger partial charge < -0.3 is 14.8 Å². The monoisotopic (exact) mass is 349 g/mol. The minimum Gasteiger partial charge on any atom is -0.381 e. The molecule has 3 heterocycles. The summed E-state index contributed by atoms with van der Waals surface area (Å²) in [6.07, 6.45) is 2.92. The van der Waals surface area contributed by atoms with Crippen LogP contribution in [0.1, 0.15) is 36.0 Å². The second-order valence-corrected chi connectivity index (χ2v) is 6.79. The number of hydrogen-bond donors (Lipinski definition) is 1. The lowest BCUT2D eigenvalue weighted by Gasteiger charge is -2.47. The van der Waals surface area contributed by atoms with E-state index < -0.39 is 5.66 Å². The van der Waals surface area contributed by atoms with Crippen LogP contribution in [0.15, 0.2) is 23.3 Å². The molecule has 0 bridgehead atoms. The van der Waals surface area contributed by atoms with Crippen molar-refractivity contribution >= 4 is 28.9 Å². The highest BCUT2D eigenvalue weighted by atomic mass is 35.5. The van der Waals surface area contributed by atoms with Gasteiger partial charge in [0.1, 0.15) is 5.66 Å². The van der Waals surface area contributed by atoms with E-state index in [1.54, 1.807) is 17.1 Å². The summed E-state index contributed by atoms with van der Waals surface area (Å²) in [6, 6.07) is 5.31. The molecule has 1 aromatic carbocycles. The second-order valence-electron chi connectivity index (χ2n) is 6.35. The number of amides is 1. The summed E-state index contributed by atoms with van der Waals surface area (Å²) in [5.74, 6) is -0.0821. The smallest absolute Gasteiger partial charge is 0.278 e. The maximum Gasteiger partial charge on any atom is 0.278 e. The van der Waals surface area contributed by atoms with Gasteiger partial charge in [-0.05, 0) is 18.2 Å². The number of hydrazone groups is 1. The number of ether oxygens (including phenoxy) is 2. The van der Waals surface area contributed by atoms with Crippen molar-refractivity contribution in [2.24, 2.45) is 5.10 Å². The van der Waals surface area contributed by atoms with Crippen molar-refractivity contribution in [3.8, 4) is 0 Å². The number of carbonyl (C=O) groups is 1. The van der Waals surface area contributed by atoms with Gasteiger partial charge in [-0.1, -0.05) is 11.6 Å². The molecule has 4 rings (SSSR count). The van der Waals surface area contributed by atoms with Gasteiger partial charge in [-0.25, -0.2) is 5.01 Å². The van der Waals surface area contributed by atoms with Crippen molar-refractivity contribution in [3.63, 3.8) is 0 Å². The Hall–Kier alpha value is -1.63. The van der Waals surface area contributed by atoms with Crippen LogP contribution in [0.5, 0.6) is 0 Å². The molecule has 7 heteroatoms. The van der Waals surface area contributed by atoms with Gasteiger partial charge in [0, 0.05) is 36.4 Å². The summed E-state index contributed by atoms with van der Waals surface area (Å²) in [6.45, 7) is 2.52. The van der Waals surface area contributed by atoms with Crippen molar-refractivity contribution < 1.29 is 14.3 Å². The summed E-state index contributed by atoms with van der Waals surface area (Å²) in [5.41, 5.74) is 1.85. The fourth-order valence-electron chi connectivity index (χ4n) is 3.45. The second kappa shape index (κ2) is 6.35. The van der Waals surface area contributed by atoms with E-state index in [2.05, 4.69) is 5.32 Å². The standard InChI is InChI=1S/C17H20ClN3O3/c18-12-1-2-14-15(11-12)19-17(5-9-24-10-6-17)21(16(14)22)20-13-3-7-23-8-4-13/h1-2,11,19H,3-10H2.